The SMILES string of the molecule is CN(C)C1CCN(C(=O)C(C)(C)C)C1. The van der Waals surface area contributed by atoms with Gasteiger partial charge in [0.15, 0.2) is 0 Å². The van der Waals surface area contributed by atoms with Crippen LogP contribution in [0.4, 0.5) is 0 Å². The molecule has 0 aromatic heterocycles. The second kappa shape index (κ2) is 3.89. The summed E-state index contributed by atoms with van der Waals surface area (Å²) in [5.41, 5.74) is -0.235. The Labute approximate surface area is 87.1 Å². The predicted octanol–water partition coefficient (Wildman–Crippen LogP) is 1.19. The Morgan fingerprint density at radius 1 is 1.36 bits per heavy atom. The molecule has 1 unspecified atom stereocenters. The first-order chi connectivity index (χ1) is 6.32. The van der Waals surface area contributed by atoms with E-state index in [2.05, 4.69) is 19.0 Å². The Morgan fingerprint density at radius 2 is 1.93 bits per heavy atom. The largest absolute Gasteiger partial charge is 0.341 e. The summed E-state index contributed by atoms with van der Waals surface area (Å²) < 4.78 is 0. The fraction of sp³-hybridized carbons (Fsp3) is 0.909. The fourth-order valence-corrected chi connectivity index (χ4v) is 1.82. The van der Waals surface area contributed by atoms with Gasteiger partial charge in [0.1, 0.15) is 0 Å². The number of likely N-dealkylation sites (tertiary alicyclic amines) is 1. The van der Waals surface area contributed by atoms with Gasteiger partial charge in [0.25, 0.3) is 0 Å². The van der Waals surface area contributed by atoms with E-state index in [1.807, 2.05) is 25.7 Å². The molecule has 0 bridgehead atoms. The monoisotopic (exact) mass is 198 g/mol. The third kappa shape index (κ3) is 2.47. The number of nitrogens with zero attached hydrogens (tertiary/aromatic N) is 2. The number of likely N-dealkylation sites (N-methyl/N-ethyl adjacent to an activating group) is 1. The number of hydrogen-bond acceptors (Lipinski definition) is 2. The second-order valence-electron chi connectivity index (χ2n) is 5.41. The molecule has 0 spiro atoms. The molecule has 1 rings (SSSR count). The molecule has 3 heteroatoms. The van der Waals surface area contributed by atoms with Gasteiger partial charge in [-0.25, -0.2) is 0 Å². The summed E-state index contributed by atoms with van der Waals surface area (Å²) in [6, 6.07) is 0.543. The lowest BCUT2D eigenvalue weighted by molar-refractivity contribution is -0.138. The summed E-state index contributed by atoms with van der Waals surface area (Å²) in [7, 11) is 4.16. The third-order valence-electron chi connectivity index (χ3n) is 2.82. The molecule has 0 saturated carbocycles. The molecule has 14 heavy (non-hydrogen) atoms. The van der Waals surface area contributed by atoms with Crippen LogP contribution in [-0.2, 0) is 4.79 Å². The van der Waals surface area contributed by atoms with Crippen molar-refractivity contribution < 1.29 is 4.79 Å². The van der Waals surface area contributed by atoms with Crippen LogP contribution >= 0.6 is 0 Å². The van der Waals surface area contributed by atoms with Crippen molar-refractivity contribution in [3.05, 3.63) is 0 Å². The average molecular weight is 198 g/mol. The van der Waals surface area contributed by atoms with E-state index < -0.39 is 0 Å². The lowest BCUT2D eigenvalue weighted by Gasteiger charge is -2.26. The average Bonchev–Trinajstić information content (AvgIpc) is 2.48. The summed E-state index contributed by atoms with van der Waals surface area (Å²) in [6.45, 7) is 7.76. The lowest BCUT2D eigenvalue weighted by Crippen LogP contribution is -2.40. The smallest absolute Gasteiger partial charge is 0.228 e. The zero-order valence-corrected chi connectivity index (χ0v) is 10.0. The topological polar surface area (TPSA) is 23.6 Å². The highest BCUT2D eigenvalue weighted by molar-refractivity contribution is 5.81. The van der Waals surface area contributed by atoms with E-state index in [1.54, 1.807) is 0 Å². The molecule has 1 aliphatic heterocycles. The van der Waals surface area contributed by atoms with Crippen molar-refractivity contribution in [3.8, 4) is 0 Å². The molecule has 1 amide bonds. The molecule has 1 fully saturated rings. The maximum Gasteiger partial charge on any atom is 0.228 e. The summed E-state index contributed by atoms with van der Waals surface area (Å²) in [5.74, 6) is 0.279. The number of carbonyl (C=O) groups is 1. The standard InChI is InChI=1S/C11H22N2O/c1-11(2,3)10(14)13-7-6-9(8-13)12(4)5/h9H,6-8H2,1-5H3. The fourth-order valence-electron chi connectivity index (χ4n) is 1.82. The highest BCUT2D eigenvalue weighted by Gasteiger charge is 2.33. The molecule has 0 aromatic carbocycles. The van der Waals surface area contributed by atoms with Gasteiger partial charge < -0.3 is 9.80 Å². The van der Waals surface area contributed by atoms with Gasteiger partial charge in [0.2, 0.25) is 5.91 Å². The molecule has 3 nitrogen and oxygen atoms in total. The Bertz CT molecular complexity index is 218. The Kier molecular flexibility index (Phi) is 3.20. The van der Waals surface area contributed by atoms with Crippen LogP contribution in [0.3, 0.4) is 0 Å². The molecular weight excluding hydrogens is 176 g/mol. The minimum absolute atomic E-state index is 0.235. The predicted molar refractivity (Wildman–Crippen MR) is 58.1 cm³/mol. The molecule has 0 radical (unpaired) electrons. The van der Waals surface area contributed by atoms with Crippen molar-refractivity contribution >= 4 is 5.91 Å². The summed E-state index contributed by atoms with van der Waals surface area (Å²) in [4.78, 5) is 16.1. The van der Waals surface area contributed by atoms with Gasteiger partial charge in [-0.3, -0.25) is 4.79 Å². The highest BCUT2D eigenvalue weighted by Crippen LogP contribution is 2.22. The van der Waals surface area contributed by atoms with Crippen molar-refractivity contribution in [1.29, 1.82) is 0 Å². The maximum absolute atomic E-state index is 11.9. The van der Waals surface area contributed by atoms with E-state index in [0.29, 0.717) is 6.04 Å². The first kappa shape index (κ1) is 11.5. The van der Waals surface area contributed by atoms with Crippen LogP contribution in [0, 0.1) is 5.41 Å². The van der Waals surface area contributed by atoms with Gasteiger partial charge >= 0.3 is 0 Å². The van der Waals surface area contributed by atoms with Crippen molar-refractivity contribution in [1.82, 2.24) is 9.80 Å². The summed E-state index contributed by atoms with van der Waals surface area (Å²) in [5, 5.41) is 0. The third-order valence-corrected chi connectivity index (χ3v) is 2.82. The van der Waals surface area contributed by atoms with E-state index >= 15 is 0 Å². The molecule has 0 aliphatic carbocycles. The Balaban J connectivity index is 2.54. The maximum atomic E-state index is 11.9. The van der Waals surface area contributed by atoms with Crippen molar-refractivity contribution in [3.63, 3.8) is 0 Å². The van der Waals surface area contributed by atoms with Crippen molar-refractivity contribution in [2.24, 2.45) is 5.41 Å². The number of hydrogen-bond donors (Lipinski definition) is 0. The molecule has 1 heterocycles. The van der Waals surface area contributed by atoms with Gasteiger partial charge in [-0.1, -0.05) is 20.8 Å². The van der Waals surface area contributed by atoms with E-state index in [9.17, 15) is 4.79 Å². The van der Waals surface area contributed by atoms with Crippen LogP contribution in [-0.4, -0.2) is 48.9 Å². The van der Waals surface area contributed by atoms with Crippen LogP contribution in [0.5, 0.6) is 0 Å². The van der Waals surface area contributed by atoms with Crippen LogP contribution in [0.15, 0.2) is 0 Å². The molecule has 1 atom stereocenters. The first-order valence-corrected chi connectivity index (χ1v) is 5.28. The molecular formula is C11H22N2O. The molecule has 1 saturated heterocycles. The van der Waals surface area contributed by atoms with Gasteiger partial charge in [-0.05, 0) is 20.5 Å². The van der Waals surface area contributed by atoms with E-state index in [0.717, 1.165) is 19.5 Å². The Hall–Kier alpha value is -0.570. The van der Waals surface area contributed by atoms with Crippen LogP contribution in [0.25, 0.3) is 0 Å². The van der Waals surface area contributed by atoms with Crippen LogP contribution < -0.4 is 0 Å². The Morgan fingerprint density at radius 3 is 2.29 bits per heavy atom. The van der Waals surface area contributed by atoms with Gasteiger partial charge in [-0.15, -0.1) is 0 Å². The molecule has 1 aliphatic rings. The zero-order chi connectivity index (χ0) is 10.9. The summed E-state index contributed by atoms with van der Waals surface area (Å²) in [6.07, 6.45) is 1.11. The number of carbonyl (C=O) groups excluding carboxylic acids is 1. The van der Waals surface area contributed by atoms with Gasteiger partial charge in [-0.2, -0.15) is 0 Å². The lowest BCUT2D eigenvalue weighted by atomic mass is 9.95. The number of amides is 1. The quantitative estimate of drug-likeness (QED) is 0.632. The van der Waals surface area contributed by atoms with Crippen molar-refractivity contribution in [2.75, 3.05) is 27.2 Å². The summed E-state index contributed by atoms with van der Waals surface area (Å²) >= 11 is 0. The zero-order valence-electron chi connectivity index (χ0n) is 10.0. The molecule has 0 aromatic rings. The normalized spacial score (nSPS) is 23.3. The van der Waals surface area contributed by atoms with E-state index in [1.165, 1.54) is 0 Å². The van der Waals surface area contributed by atoms with E-state index in [4.69, 9.17) is 0 Å². The second-order valence-corrected chi connectivity index (χ2v) is 5.41. The molecule has 82 valence electrons. The highest BCUT2D eigenvalue weighted by atomic mass is 16.2. The minimum Gasteiger partial charge on any atom is -0.341 e. The van der Waals surface area contributed by atoms with Gasteiger partial charge in [0, 0.05) is 24.5 Å². The van der Waals surface area contributed by atoms with E-state index in [-0.39, 0.29) is 11.3 Å². The van der Waals surface area contributed by atoms with Crippen molar-refractivity contribution in [2.45, 2.75) is 33.2 Å². The van der Waals surface area contributed by atoms with Crippen LogP contribution in [0.2, 0.25) is 0 Å². The van der Waals surface area contributed by atoms with Gasteiger partial charge in [0.05, 0.1) is 0 Å². The minimum atomic E-state index is -0.235. The van der Waals surface area contributed by atoms with Crippen LogP contribution in [0.1, 0.15) is 27.2 Å². The first-order valence-electron chi connectivity index (χ1n) is 5.28. The molecule has 0 N–H and O–H groups in total. The number of rotatable bonds is 1.